The van der Waals surface area contributed by atoms with Gasteiger partial charge in [-0.25, -0.2) is 0 Å². The highest BCUT2D eigenvalue weighted by Gasteiger charge is 2.05. The molecule has 0 spiro atoms. The summed E-state index contributed by atoms with van der Waals surface area (Å²) in [6.45, 7) is 6.98. The molecule has 0 N–H and O–H groups in total. The highest BCUT2D eigenvalue weighted by Crippen LogP contribution is 2.21. The second-order valence-electron chi connectivity index (χ2n) is 8.14. The molecule has 0 saturated carbocycles. The third-order valence-electron chi connectivity index (χ3n) is 5.67. The lowest BCUT2D eigenvalue weighted by Gasteiger charge is -2.14. The summed E-state index contributed by atoms with van der Waals surface area (Å²) >= 11 is 0. The number of unbranched alkanes of at least 4 members (excludes halogenated alkanes) is 13. The fraction of sp³-hybridized carbons (Fsp3) is 0.920. The van der Waals surface area contributed by atoms with Crippen molar-refractivity contribution >= 4 is 0 Å². The normalized spacial score (nSPS) is 12.9. The van der Waals surface area contributed by atoms with Gasteiger partial charge in [0.1, 0.15) is 0 Å². The summed E-state index contributed by atoms with van der Waals surface area (Å²) in [4.78, 5) is 0. The second-order valence-corrected chi connectivity index (χ2v) is 8.14. The molecule has 0 aliphatic carbocycles. The standard InChI is InChI=1S/C25H50/c1-4-7-9-11-13-14-15-16-17-18-20-22-24-25(6-3)23-21-19-12-10-8-5-2/h13-14,25H,4-12,15-24H2,1-3H3/b14-13+. The van der Waals surface area contributed by atoms with Crippen LogP contribution in [0.25, 0.3) is 0 Å². The maximum atomic E-state index is 2.42. The molecule has 0 heteroatoms. The Morgan fingerprint density at radius 3 is 1.40 bits per heavy atom. The number of allylic oxidation sites excluding steroid dienone is 2. The largest absolute Gasteiger partial charge is 0.0885 e. The molecule has 0 amide bonds. The highest BCUT2D eigenvalue weighted by molar-refractivity contribution is 4.81. The van der Waals surface area contributed by atoms with Crippen LogP contribution in [0.1, 0.15) is 143 Å². The van der Waals surface area contributed by atoms with E-state index in [4.69, 9.17) is 0 Å². The van der Waals surface area contributed by atoms with E-state index in [1.54, 1.807) is 0 Å². The zero-order chi connectivity index (χ0) is 18.4. The molecule has 0 heterocycles. The van der Waals surface area contributed by atoms with Crippen molar-refractivity contribution in [1.82, 2.24) is 0 Å². The summed E-state index contributed by atoms with van der Waals surface area (Å²) in [5.74, 6) is 1.01. The minimum Gasteiger partial charge on any atom is -0.0885 e. The Morgan fingerprint density at radius 1 is 0.480 bits per heavy atom. The average Bonchev–Trinajstić information content (AvgIpc) is 2.63. The van der Waals surface area contributed by atoms with Crippen molar-refractivity contribution < 1.29 is 0 Å². The lowest BCUT2D eigenvalue weighted by atomic mass is 9.92. The molecule has 0 aromatic carbocycles. The van der Waals surface area contributed by atoms with Crippen LogP contribution in [0.4, 0.5) is 0 Å². The number of hydrogen-bond acceptors (Lipinski definition) is 0. The van der Waals surface area contributed by atoms with Gasteiger partial charge in [0.05, 0.1) is 0 Å². The minimum absolute atomic E-state index is 1.01. The molecule has 150 valence electrons. The quantitative estimate of drug-likeness (QED) is 0.151. The molecular weight excluding hydrogens is 300 g/mol. The summed E-state index contributed by atoms with van der Waals surface area (Å²) in [5, 5.41) is 0. The van der Waals surface area contributed by atoms with Gasteiger partial charge in [0.25, 0.3) is 0 Å². The van der Waals surface area contributed by atoms with Crippen molar-refractivity contribution in [2.45, 2.75) is 143 Å². The Balaban J connectivity index is 3.32. The van der Waals surface area contributed by atoms with E-state index >= 15 is 0 Å². The smallest absolute Gasteiger partial charge is 0.0351 e. The highest BCUT2D eigenvalue weighted by atomic mass is 14.1. The van der Waals surface area contributed by atoms with Crippen molar-refractivity contribution in [3.05, 3.63) is 12.2 Å². The van der Waals surface area contributed by atoms with E-state index < -0.39 is 0 Å². The van der Waals surface area contributed by atoms with Crippen molar-refractivity contribution in [2.75, 3.05) is 0 Å². The van der Waals surface area contributed by atoms with Crippen molar-refractivity contribution in [2.24, 2.45) is 5.92 Å². The predicted molar refractivity (Wildman–Crippen MR) is 117 cm³/mol. The van der Waals surface area contributed by atoms with E-state index in [0.717, 1.165) is 5.92 Å². The molecule has 0 aliphatic heterocycles. The van der Waals surface area contributed by atoms with Gasteiger partial charge in [-0.3, -0.25) is 0 Å². The van der Waals surface area contributed by atoms with E-state index in [2.05, 4.69) is 32.9 Å². The van der Waals surface area contributed by atoms with Crippen LogP contribution in [0.3, 0.4) is 0 Å². The molecule has 0 rings (SSSR count). The molecule has 0 aromatic heterocycles. The third kappa shape index (κ3) is 19.9. The maximum Gasteiger partial charge on any atom is -0.0351 e. The van der Waals surface area contributed by atoms with Crippen LogP contribution >= 0.6 is 0 Å². The lowest BCUT2D eigenvalue weighted by molar-refractivity contribution is 0.393. The molecule has 0 aromatic rings. The van der Waals surface area contributed by atoms with E-state index in [0.29, 0.717) is 0 Å². The summed E-state index contributed by atoms with van der Waals surface area (Å²) in [6, 6.07) is 0. The lowest BCUT2D eigenvalue weighted by Crippen LogP contribution is -1.99. The Bertz CT molecular complexity index is 253. The van der Waals surface area contributed by atoms with Gasteiger partial charge in [-0.1, -0.05) is 129 Å². The number of hydrogen-bond donors (Lipinski definition) is 0. The monoisotopic (exact) mass is 350 g/mol. The summed E-state index contributed by atoms with van der Waals surface area (Å²) in [7, 11) is 0. The van der Waals surface area contributed by atoms with Gasteiger partial charge >= 0.3 is 0 Å². The molecule has 1 atom stereocenters. The van der Waals surface area contributed by atoms with Gasteiger partial charge < -0.3 is 0 Å². The van der Waals surface area contributed by atoms with E-state index in [9.17, 15) is 0 Å². The molecule has 1 unspecified atom stereocenters. The fourth-order valence-electron chi connectivity index (χ4n) is 3.74. The second kappa shape index (κ2) is 21.8. The molecular formula is C25H50. The molecule has 0 nitrogen and oxygen atoms in total. The van der Waals surface area contributed by atoms with Gasteiger partial charge in [-0.2, -0.15) is 0 Å². The van der Waals surface area contributed by atoms with Crippen LogP contribution in [0.15, 0.2) is 12.2 Å². The topological polar surface area (TPSA) is 0 Å². The molecule has 25 heavy (non-hydrogen) atoms. The molecule has 0 bridgehead atoms. The minimum atomic E-state index is 1.01. The van der Waals surface area contributed by atoms with Crippen molar-refractivity contribution in [3.8, 4) is 0 Å². The first-order valence-corrected chi connectivity index (χ1v) is 12.0. The Kier molecular flexibility index (Phi) is 21.6. The summed E-state index contributed by atoms with van der Waals surface area (Å²) < 4.78 is 0. The summed E-state index contributed by atoms with van der Waals surface area (Å²) in [5.41, 5.74) is 0. The van der Waals surface area contributed by atoms with Crippen molar-refractivity contribution in [1.29, 1.82) is 0 Å². The van der Waals surface area contributed by atoms with Crippen LogP contribution in [-0.4, -0.2) is 0 Å². The zero-order valence-corrected chi connectivity index (χ0v) is 18.2. The van der Waals surface area contributed by atoms with Crippen molar-refractivity contribution in [3.63, 3.8) is 0 Å². The SMILES string of the molecule is CCCCC/C=C/CCCCCCCC(CC)CCCCCCCC. The molecule has 0 saturated heterocycles. The molecule has 0 aliphatic rings. The van der Waals surface area contributed by atoms with Crippen LogP contribution in [0, 0.1) is 5.92 Å². The third-order valence-corrected chi connectivity index (χ3v) is 5.67. The zero-order valence-electron chi connectivity index (χ0n) is 18.2. The van der Waals surface area contributed by atoms with Crippen LogP contribution in [-0.2, 0) is 0 Å². The Hall–Kier alpha value is -0.260. The number of rotatable bonds is 20. The molecule has 0 radical (unpaired) electrons. The Labute approximate surface area is 161 Å². The first-order chi connectivity index (χ1) is 12.3. The van der Waals surface area contributed by atoms with Crippen LogP contribution < -0.4 is 0 Å². The van der Waals surface area contributed by atoms with Gasteiger partial charge in [0.2, 0.25) is 0 Å². The van der Waals surface area contributed by atoms with Gasteiger partial charge in [0, 0.05) is 0 Å². The Morgan fingerprint density at radius 2 is 0.880 bits per heavy atom. The molecule has 0 fully saturated rings. The fourth-order valence-corrected chi connectivity index (χ4v) is 3.74. The average molecular weight is 351 g/mol. The van der Waals surface area contributed by atoms with E-state index in [1.165, 1.54) is 122 Å². The first-order valence-electron chi connectivity index (χ1n) is 12.0. The van der Waals surface area contributed by atoms with Crippen LogP contribution in [0.5, 0.6) is 0 Å². The van der Waals surface area contributed by atoms with E-state index in [1.807, 2.05) is 0 Å². The van der Waals surface area contributed by atoms with Gasteiger partial charge in [0.15, 0.2) is 0 Å². The predicted octanol–water partition coefficient (Wildman–Crippen LogP) is 9.63. The summed E-state index contributed by atoms with van der Waals surface area (Å²) in [6.07, 6.45) is 31.8. The maximum absolute atomic E-state index is 2.42. The van der Waals surface area contributed by atoms with Gasteiger partial charge in [-0.05, 0) is 31.6 Å². The van der Waals surface area contributed by atoms with E-state index in [-0.39, 0.29) is 0 Å². The van der Waals surface area contributed by atoms with Gasteiger partial charge in [-0.15, -0.1) is 0 Å². The first kappa shape index (κ1) is 24.7. The van der Waals surface area contributed by atoms with Crippen LogP contribution in [0.2, 0.25) is 0 Å².